The number of ether oxygens (including phenoxy) is 1. The second-order valence-corrected chi connectivity index (χ2v) is 4.37. The van der Waals surface area contributed by atoms with Crippen LogP contribution >= 0.6 is 0 Å². The molecule has 0 aromatic carbocycles. The van der Waals surface area contributed by atoms with Crippen molar-refractivity contribution in [3.8, 4) is 11.7 Å². The fourth-order valence-corrected chi connectivity index (χ4v) is 1.66. The Morgan fingerprint density at radius 3 is 2.63 bits per heavy atom. The molecule has 5 heteroatoms. The molecule has 0 saturated heterocycles. The van der Waals surface area contributed by atoms with Crippen molar-refractivity contribution >= 4 is 5.97 Å². The summed E-state index contributed by atoms with van der Waals surface area (Å²) in [5.41, 5.74) is 0.995. The Kier molecular flexibility index (Phi) is 3.55. The molecule has 0 aliphatic heterocycles. The van der Waals surface area contributed by atoms with E-state index in [2.05, 4.69) is 23.0 Å². The fourth-order valence-electron chi connectivity index (χ4n) is 1.66. The Bertz CT molecular complexity index is 621. The Balaban J connectivity index is 0.000000180. The zero-order valence-electron chi connectivity index (χ0n) is 10.7. The normalized spacial score (nSPS) is 18.0. The van der Waals surface area contributed by atoms with E-state index < -0.39 is 17.1 Å². The van der Waals surface area contributed by atoms with Crippen LogP contribution in [0.5, 0.6) is 11.7 Å². The Morgan fingerprint density at radius 1 is 1.53 bits per heavy atom. The van der Waals surface area contributed by atoms with Gasteiger partial charge in [-0.2, -0.15) is 0 Å². The van der Waals surface area contributed by atoms with Gasteiger partial charge in [-0.3, -0.25) is 9.59 Å². The van der Waals surface area contributed by atoms with Gasteiger partial charge in [0.05, 0.1) is 6.07 Å². The van der Waals surface area contributed by atoms with Gasteiger partial charge in [-0.15, -0.1) is 0 Å². The van der Waals surface area contributed by atoms with Crippen LogP contribution in [0.1, 0.15) is 19.1 Å². The molecule has 0 bridgehead atoms. The van der Waals surface area contributed by atoms with Crippen LogP contribution in [0.2, 0.25) is 0 Å². The molecule has 1 N–H and O–H groups in total. The van der Waals surface area contributed by atoms with Crippen LogP contribution < -0.4 is 10.2 Å². The number of aromatic hydroxyl groups is 1. The van der Waals surface area contributed by atoms with Crippen molar-refractivity contribution in [3.05, 3.63) is 45.9 Å². The van der Waals surface area contributed by atoms with Gasteiger partial charge in [0.25, 0.3) is 5.95 Å². The second kappa shape index (κ2) is 5.14. The molecule has 19 heavy (non-hydrogen) atoms. The van der Waals surface area contributed by atoms with Gasteiger partial charge in [-0.05, 0) is 13.3 Å². The summed E-state index contributed by atoms with van der Waals surface area (Å²) in [4.78, 5) is 21.4. The number of carbonyl (C=O) groups is 1. The molecule has 0 amide bonds. The van der Waals surface area contributed by atoms with Crippen LogP contribution in [0.3, 0.4) is 0 Å². The molecule has 0 radical (unpaired) electrons. The van der Waals surface area contributed by atoms with Gasteiger partial charge in [0, 0.05) is 12.8 Å². The Morgan fingerprint density at radius 2 is 2.26 bits per heavy atom. The summed E-state index contributed by atoms with van der Waals surface area (Å²) in [6.07, 6.45) is 7.97. The number of rotatable bonds is 1. The number of aryl methyl sites for hydroxylation is 1. The molecule has 0 spiro atoms. The van der Waals surface area contributed by atoms with Crippen LogP contribution in [0.4, 0.5) is 0 Å². The lowest BCUT2D eigenvalue weighted by molar-refractivity contribution is -0.133. The molecule has 1 heterocycles. The van der Waals surface area contributed by atoms with Crippen LogP contribution in [0.15, 0.2) is 39.1 Å². The van der Waals surface area contributed by atoms with Gasteiger partial charge in [0.2, 0.25) is 11.2 Å². The SMILES string of the molecule is C1=CC2CC2=C1.CC(=O)Oc1cc(=O)c(O)c(C)o1. The summed E-state index contributed by atoms with van der Waals surface area (Å²) in [7, 11) is 0. The molecule has 5 nitrogen and oxygen atoms in total. The first-order valence-electron chi connectivity index (χ1n) is 5.86. The lowest BCUT2D eigenvalue weighted by atomic mass is 10.4. The van der Waals surface area contributed by atoms with Crippen molar-refractivity contribution in [1.29, 1.82) is 0 Å². The summed E-state index contributed by atoms with van der Waals surface area (Å²) in [5.74, 6) is -0.370. The largest absolute Gasteiger partial charge is 0.502 e. The Hall–Kier alpha value is -2.30. The lowest BCUT2D eigenvalue weighted by Gasteiger charge is -2.01. The van der Waals surface area contributed by atoms with Crippen LogP contribution in [0, 0.1) is 12.8 Å². The monoisotopic (exact) mass is 262 g/mol. The zero-order valence-corrected chi connectivity index (χ0v) is 10.7. The maximum Gasteiger partial charge on any atom is 0.310 e. The average Bonchev–Trinajstić information content (AvgIpc) is 2.93. The minimum Gasteiger partial charge on any atom is -0.502 e. The van der Waals surface area contributed by atoms with Gasteiger partial charge < -0.3 is 14.3 Å². The molecular weight excluding hydrogens is 248 g/mol. The lowest BCUT2D eigenvalue weighted by Crippen LogP contribution is -2.06. The summed E-state index contributed by atoms with van der Waals surface area (Å²) < 4.78 is 9.32. The van der Waals surface area contributed by atoms with Crippen molar-refractivity contribution in [2.45, 2.75) is 20.3 Å². The molecule has 1 saturated carbocycles. The van der Waals surface area contributed by atoms with Crippen LogP contribution in [-0.4, -0.2) is 11.1 Å². The standard InChI is InChI=1S/C8H8O5.C6H6/c1-4-8(11)6(10)3-7(12-4)13-5(2)9;1-2-5-4-6(5)3-1/h3,11H,1-2H3;1-3,5H,4H2. The second-order valence-electron chi connectivity index (χ2n) is 4.37. The predicted molar refractivity (Wildman–Crippen MR) is 68.0 cm³/mol. The molecule has 1 aromatic heterocycles. The molecule has 3 rings (SSSR count). The van der Waals surface area contributed by atoms with E-state index in [1.807, 2.05) is 0 Å². The van der Waals surface area contributed by atoms with Crippen molar-refractivity contribution in [3.63, 3.8) is 0 Å². The first kappa shape index (κ1) is 13.1. The minimum absolute atomic E-state index is 0.0174. The first-order valence-corrected chi connectivity index (χ1v) is 5.86. The van der Waals surface area contributed by atoms with Crippen molar-refractivity contribution < 1.29 is 19.1 Å². The molecule has 1 atom stereocenters. The Labute approximate surface area is 109 Å². The van der Waals surface area contributed by atoms with Crippen LogP contribution in [-0.2, 0) is 4.79 Å². The van der Waals surface area contributed by atoms with E-state index in [0.717, 1.165) is 12.0 Å². The molecule has 1 unspecified atom stereocenters. The summed E-state index contributed by atoms with van der Waals surface area (Å²) in [6.45, 7) is 2.58. The van der Waals surface area contributed by atoms with Gasteiger partial charge in [-0.25, -0.2) is 0 Å². The third kappa shape index (κ3) is 3.34. The predicted octanol–water partition coefficient (Wildman–Crippen LogP) is 2.08. The molecule has 1 fully saturated rings. The van der Waals surface area contributed by atoms with E-state index >= 15 is 0 Å². The van der Waals surface area contributed by atoms with Gasteiger partial charge in [0.15, 0.2) is 5.76 Å². The molecule has 100 valence electrons. The third-order valence-electron chi connectivity index (χ3n) is 2.74. The van der Waals surface area contributed by atoms with E-state index in [4.69, 9.17) is 9.52 Å². The van der Waals surface area contributed by atoms with E-state index in [9.17, 15) is 9.59 Å². The number of allylic oxidation sites excluding steroid dienone is 4. The first-order chi connectivity index (χ1) is 8.97. The smallest absolute Gasteiger partial charge is 0.310 e. The number of esters is 1. The molecule has 1 aromatic rings. The molecule has 2 aliphatic rings. The van der Waals surface area contributed by atoms with E-state index in [1.165, 1.54) is 20.3 Å². The quantitative estimate of drug-likeness (QED) is 0.784. The third-order valence-corrected chi connectivity index (χ3v) is 2.74. The highest BCUT2D eigenvalue weighted by molar-refractivity contribution is 5.68. The highest BCUT2D eigenvalue weighted by Gasteiger charge is 2.28. The van der Waals surface area contributed by atoms with Crippen LogP contribution in [0.25, 0.3) is 0 Å². The number of hydrogen-bond donors (Lipinski definition) is 1. The van der Waals surface area contributed by atoms with E-state index in [-0.39, 0.29) is 11.7 Å². The minimum atomic E-state index is -0.639. The topological polar surface area (TPSA) is 76.7 Å². The van der Waals surface area contributed by atoms with Gasteiger partial charge in [0.1, 0.15) is 0 Å². The number of carbonyl (C=O) groups excluding carboxylic acids is 1. The zero-order chi connectivity index (χ0) is 14.0. The summed E-state index contributed by atoms with van der Waals surface area (Å²) in [6, 6.07) is 0.906. The molecular formula is C14H14O5. The fraction of sp³-hybridized carbons (Fsp3) is 0.286. The number of fused-ring (bicyclic) bond motifs is 1. The summed E-state index contributed by atoms with van der Waals surface area (Å²) >= 11 is 0. The summed E-state index contributed by atoms with van der Waals surface area (Å²) in [5, 5.41) is 9.02. The maximum absolute atomic E-state index is 10.9. The van der Waals surface area contributed by atoms with Gasteiger partial charge >= 0.3 is 5.97 Å². The van der Waals surface area contributed by atoms with E-state index in [0.29, 0.717) is 0 Å². The van der Waals surface area contributed by atoms with Crippen molar-refractivity contribution in [1.82, 2.24) is 0 Å². The van der Waals surface area contributed by atoms with Crippen molar-refractivity contribution in [2.24, 2.45) is 5.92 Å². The van der Waals surface area contributed by atoms with E-state index in [1.54, 1.807) is 5.57 Å². The highest BCUT2D eigenvalue weighted by Crippen LogP contribution is 2.42. The van der Waals surface area contributed by atoms with Crippen molar-refractivity contribution in [2.75, 3.05) is 0 Å². The maximum atomic E-state index is 10.9. The number of hydrogen-bond acceptors (Lipinski definition) is 5. The average molecular weight is 262 g/mol. The van der Waals surface area contributed by atoms with Gasteiger partial charge in [-0.1, -0.05) is 23.8 Å². The highest BCUT2D eigenvalue weighted by atomic mass is 16.6. The molecule has 2 aliphatic carbocycles.